The first kappa shape index (κ1) is 25.6. The molecule has 4 N–H and O–H groups in total. The van der Waals surface area contributed by atoms with Crippen LogP contribution in [0.15, 0.2) is 18.2 Å². The number of anilines is 3. The fourth-order valence-corrected chi connectivity index (χ4v) is 3.61. The molecule has 0 fully saturated rings. The van der Waals surface area contributed by atoms with Gasteiger partial charge in [0.15, 0.2) is 0 Å². The Balaban J connectivity index is 2.14. The summed E-state index contributed by atoms with van der Waals surface area (Å²) in [5.74, 6) is 0. The van der Waals surface area contributed by atoms with Crippen LogP contribution in [0.3, 0.4) is 0 Å². The minimum Gasteiger partial charge on any atom is -0.385 e. The minimum atomic E-state index is 0.727. The SMILES string of the molecule is CCCCCCCCCCCCCCNc1cc(NCCCN)cc(N(C)C)c1. The molecule has 0 radical (unpaired) electrons. The van der Waals surface area contributed by atoms with Gasteiger partial charge in [-0.1, -0.05) is 77.6 Å². The first-order chi connectivity index (χ1) is 14.2. The van der Waals surface area contributed by atoms with Gasteiger partial charge in [-0.15, -0.1) is 0 Å². The molecular weight excluding hydrogens is 356 g/mol. The molecule has 1 aromatic rings. The van der Waals surface area contributed by atoms with E-state index >= 15 is 0 Å². The van der Waals surface area contributed by atoms with Crippen LogP contribution in [0.2, 0.25) is 0 Å². The highest BCUT2D eigenvalue weighted by Crippen LogP contribution is 2.24. The standard InChI is InChI=1S/C25H48N4/c1-4-5-6-7-8-9-10-11-12-13-14-15-18-27-23-20-24(28-19-16-17-26)22-25(21-23)29(2)3/h20-22,27-28H,4-19,26H2,1-3H3. The Bertz CT molecular complexity index is 502. The maximum absolute atomic E-state index is 5.60. The fraction of sp³-hybridized carbons (Fsp3) is 0.760. The first-order valence-electron chi connectivity index (χ1n) is 12.2. The topological polar surface area (TPSA) is 53.3 Å². The van der Waals surface area contributed by atoms with Gasteiger partial charge in [0.05, 0.1) is 0 Å². The molecule has 0 aliphatic carbocycles. The van der Waals surface area contributed by atoms with Crippen molar-refractivity contribution in [1.82, 2.24) is 0 Å². The number of rotatable bonds is 19. The monoisotopic (exact) mass is 404 g/mol. The van der Waals surface area contributed by atoms with Crippen LogP contribution in [0, 0.1) is 0 Å². The van der Waals surface area contributed by atoms with Gasteiger partial charge in [-0.05, 0) is 37.6 Å². The Morgan fingerprint density at radius 3 is 1.55 bits per heavy atom. The number of benzene rings is 1. The van der Waals surface area contributed by atoms with Gasteiger partial charge in [-0.25, -0.2) is 0 Å². The van der Waals surface area contributed by atoms with E-state index < -0.39 is 0 Å². The average molecular weight is 405 g/mol. The average Bonchev–Trinajstić information content (AvgIpc) is 2.71. The van der Waals surface area contributed by atoms with Crippen LogP contribution in [0.4, 0.5) is 17.1 Å². The molecule has 0 saturated carbocycles. The van der Waals surface area contributed by atoms with E-state index in [1.54, 1.807) is 0 Å². The van der Waals surface area contributed by atoms with Gasteiger partial charge in [0, 0.05) is 44.2 Å². The molecule has 0 spiro atoms. The van der Waals surface area contributed by atoms with Crippen LogP contribution >= 0.6 is 0 Å². The third-order valence-corrected chi connectivity index (χ3v) is 5.50. The molecule has 0 atom stereocenters. The summed E-state index contributed by atoms with van der Waals surface area (Å²) < 4.78 is 0. The lowest BCUT2D eigenvalue weighted by atomic mass is 10.1. The van der Waals surface area contributed by atoms with Gasteiger partial charge >= 0.3 is 0 Å². The molecule has 0 aliphatic heterocycles. The molecule has 0 unspecified atom stereocenters. The van der Waals surface area contributed by atoms with E-state index in [0.717, 1.165) is 26.1 Å². The van der Waals surface area contributed by atoms with Gasteiger partial charge in [0.2, 0.25) is 0 Å². The van der Waals surface area contributed by atoms with Crippen LogP contribution in [0.1, 0.15) is 90.4 Å². The molecule has 4 nitrogen and oxygen atoms in total. The number of hydrogen-bond donors (Lipinski definition) is 3. The molecule has 0 aliphatic rings. The lowest BCUT2D eigenvalue weighted by Crippen LogP contribution is -2.12. The summed E-state index contributed by atoms with van der Waals surface area (Å²) in [5, 5.41) is 7.10. The maximum atomic E-state index is 5.60. The number of unbranched alkanes of at least 4 members (excludes halogenated alkanes) is 11. The zero-order valence-electron chi connectivity index (χ0n) is 19.6. The maximum Gasteiger partial charge on any atom is 0.0402 e. The minimum absolute atomic E-state index is 0.727. The first-order valence-corrected chi connectivity index (χ1v) is 12.2. The summed E-state index contributed by atoms with van der Waals surface area (Å²) in [5.41, 5.74) is 9.20. The normalized spacial score (nSPS) is 10.9. The van der Waals surface area contributed by atoms with Gasteiger partial charge < -0.3 is 21.3 Å². The molecule has 0 bridgehead atoms. The largest absolute Gasteiger partial charge is 0.385 e. The van der Waals surface area contributed by atoms with Crippen LogP contribution in [0.25, 0.3) is 0 Å². The summed E-state index contributed by atoms with van der Waals surface area (Å²) in [7, 11) is 4.18. The zero-order chi connectivity index (χ0) is 21.2. The van der Waals surface area contributed by atoms with Crippen LogP contribution in [-0.4, -0.2) is 33.7 Å². The van der Waals surface area contributed by atoms with Gasteiger partial charge in [-0.2, -0.15) is 0 Å². The van der Waals surface area contributed by atoms with Crippen molar-refractivity contribution in [2.45, 2.75) is 90.4 Å². The highest BCUT2D eigenvalue weighted by atomic mass is 15.1. The van der Waals surface area contributed by atoms with E-state index in [9.17, 15) is 0 Å². The molecule has 4 heteroatoms. The second-order valence-electron chi connectivity index (χ2n) is 8.55. The van der Waals surface area contributed by atoms with Crippen molar-refractivity contribution in [1.29, 1.82) is 0 Å². The Morgan fingerprint density at radius 1 is 0.655 bits per heavy atom. The highest BCUT2D eigenvalue weighted by Gasteiger charge is 2.03. The quantitative estimate of drug-likeness (QED) is 0.227. The molecule has 1 aromatic carbocycles. The van der Waals surface area contributed by atoms with E-state index in [2.05, 4.69) is 54.8 Å². The summed E-state index contributed by atoms with van der Waals surface area (Å²) >= 11 is 0. The predicted molar refractivity (Wildman–Crippen MR) is 132 cm³/mol. The van der Waals surface area contributed by atoms with Crippen molar-refractivity contribution in [2.24, 2.45) is 5.73 Å². The molecule has 168 valence electrons. The number of hydrogen-bond acceptors (Lipinski definition) is 4. The van der Waals surface area contributed by atoms with Crippen LogP contribution in [0.5, 0.6) is 0 Å². The molecule has 0 saturated heterocycles. The van der Waals surface area contributed by atoms with E-state index in [4.69, 9.17) is 5.73 Å². The van der Waals surface area contributed by atoms with Gasteiger partial charge in [0.25, 0.3) is 0 Å². The smallest absolute Gasteiger partial charge is 0.0402 e. The van der Waals surface area contributed by atoms with Crippen molar-refractivity contribution in [2.75, 3.05) is 49.3 Å². The van der Waals surface area contributed by atoms with E-state index in [1.807, 2.05) is 0 Å². The van der Waals surface area contributed by atoms with Crippen LogP contribution in [-0.2, 0) is 0 Å². The molecule has 0 aromatic heterocycles. The van der Waals surface area contributed by atoms with E-state index in [-0.39, 0.29) is 0 Å². The molecule has 1 rings (SSSR count). The van der Waals surface area contributed by atoms with Crippen molar-refractivity contribution >= 4 is 17.1 Å². The highest BCUT2D eigenvalue weighted by molar-refractivity contribution is 5.67. The number of nitrogens with zero attached hydrogens (tertiary/aromatic N) is 1. The second-order valence-corrected chi connectivity index (χ2v) is 8.55. The lowest BCUT2D eigenvalue weighted by Gasteiger charge is -2.18. The third-order valence-electron chi connectivity index (χ3n) is 5.50. The van der Waals surface area contributed by atoms with Crippen molar-refractivity contribution in [3.63, 3.8) is 0 Å². The Morgan fingerprint density at radius 2 is 1.10 bits per heavy atom. The number of nitrogens with one attached hydrogen (secondary N) is 2. The van der Waals surface area contributed by atoms with Gasteiger partial charge in [0.1, 0.15) is 0 Å². The summed E-state index contributed by atoms with van der Waals surface area (Å²) in [6, 6.07) is 6.64. The van der Waals surface area contributed by atoms with E-state index in [0.29, 0.717) is 0 Å². The summed E-state index contributed by atoms with van der Waals surface area (Å²) in [6.07, 6.45) is 17.7. The number of nitrogens with two attached hydrogens (primary N) is 1. The van der Waals surface area contributed by atoms with Crippen molar-refractivity contribution < 1.29 is 0 Å². The molecular formula is C25H48N4. The lowest BCUT2D eigenvalue weighted by molar-refractivity contribution is 0.546. The molecule has 29 heavy (non-hydrogen) atoms. The predicted octanol–water partition coefficient (Wildman–Crippen LogP) is 6.63. The Kier molecular flexibility index (Phi) is 15.4. The molecule has 0 heterocycles. The zero-order valence-corrected chi connectivity index (χ0v) is 19.6. The molecule has 0 amide bonds. The van der Waals surface area contributed by atoms with Crippen molar-refractivity contribution in [3.8, 4) is 0 Å². The Labute approximate surface area is 181 Å². The summed E-state index contributed by atoms with van der Waals surface area (Å²) in [4.78, 5) is 2.16. The Hall–Kier alpha value is -1.42. The summed E-state index contributed by atoms with van der Waals surface area (Å²) in [6.45, 7) is 4.99. The van der Waals surface area contributed by atoms with E-state index in [1.165, 1.54) is 94.1 Å². The van der Waals surface area contributed by atoms with Crippen molar-refractivity contribution in [3.05, 3.63) is 18.2 Å². The second kappa shape index (κ2) is 17.4. The third kappa shape index (κ3) is 13.4. The van der Waals surface area contributed by atoms with Gasteiger partial charge in [-0.3, -0.25) is 0 Å². The van der Waals surface area contributed by atoms with Crippen LogP contribution < -0.4 is 21.3 Å². The fourth-order valence-electron chi connectivity index (χ4n) is 3.61.